The largest absolute Gasteiger partial charge is 0.481 e. The quantitative estimate of drug-likeness (QED) is 0.483. The minimum Gasteiger partial charge on any atom is -0.481 e. The van der Waals surface area contributed by atoms with Gasteiger partial charge in [0.1, 0.15) is 0 Å². The van der Waals surface area contributed by atoms with Crippen LogP contribution in [-0.2, 0) is 20.3 Å². The average molecular weight is 383 g/mol. The fourth-order valence-electron chi connectivity index (χ4n) is 2.28. The van der Waals surface area contributed by atoms with Gasteiger partial charge in [-0.15, -0.1) is 0 Å². The molecule has 0 fully saturated rings. The van der Waals surface area contributed by atoms with Gasteiger partial charge in [0.25, 0.3) is 0 Å². The van der Waals surface area contributed by atoms with Crippen molar-refractivity contribution in [3.8, 4) is 0 Å². The van der Waals surface area contributed by atoms with Crippen molar-refractivity contribution in [2.75, 3.05) is 11.9 Å². The Morgan fingerprint density at radius 1 is 1.20 bits per heavy atom. The summed E-state index contributed by atoms with van der Waals surface area (Å²) >= 11 is 0. The molecule has 3 unspecified atom stereocenters. The highest BCUT2D eigenvalue weighted by atomic mass is 31.1. The summed E-state index contributed by atoms with van der Waals surface area (Å²) in [6.45, 7) is -0.516. The summed E-state index contributed by atoms with van der Waals surface area (Å²) in [5.41, 5.74) is -2.77. The van der Waals surface area contributed by atoms with Gasteiger partial charge >= 0.3 is 18.1 Å². The van der Waals surface area contributed by atoms with Crippen molar-refractivity contribution in [1.29, 1.82) is 0 Å². The van der Waals surface area contributed by atoms with Crippen molar-refractivity contribution >= 4 is 25.7 Å². The number of para-hydroxylation sites is 1. The molecule has 0 aliphatic rings. The van der Waals surface area contributed by atoms with E-state index in [4.69, 9.17) is 10.2 Å². The zero-order chi connectivity index (χ0) is 19.2. The van der Waals surface area contributed by atoms with Crippen LogP contribution in [0.25, 0.3) is 0 Å². The van der Waals surface area contributed by atoms with Crippen LogP contribution in [0.4, 0.5) is 18.9 Å². The number of halogens is 3. The minimum absolute atomic E-state index is 0.356. The molecule has 0 saturated carbocycles. The number of anilines is 1. The first kappa shape index (κ1) is 21.0. The van der Waals surface area contributed by atoms with Crippen molar-refractivity contribution in [3.63, 3.8) is 0 Å². The van der Waals surface area contributed by atoms with Gasteiger partial charge in [-0.05, 0) is 18.6 Å². The van der Waals surface area contributed by atoms with Gasteiger partial charge in [0, 0.05) is 18.7 Å². The Kier molecular flexibility index (Phi) is 7.44. The number of nitrogens with one attached hydrogen (secondary N) is 1. The zero-order valence-corrected chi connectivity index (χ0v) is 13.8. The lowest BCUT2D eigenvalue weighted by Crippen LogP contribution is -2.32. The lowest BCUT2D eigenvalue weighted by Gasteiger charge is -2.23. The first-order chi connectivity index (χ1) is 11.5. The molecule has 0 aromatic heterocycles. The van der Waals surface area contributed by atoms with E-state index in [1.165, 1.54) is 12.1 Å². The Balaban J connectivity index is 2.97. The molecule has 0 heterocycles. The Morgan fingerprint density at radius 3 is 2.28 bits per heavy atom. The van der Waals surface area contributed by atoms with E-state index in [1.807, 2.05) is 0 Å². The van der Waals surface area contributed by atoms with Crippen molar-refractivity contribution in [2.45, 2.75) is 24.7 Å². The second-order valence-corrected chi connectivity index (χ2v) is 6.66. The number of alkyl halides is 3. The number of carbonyl (C=O) groups is 2. The number of hydrogen-bond acceptors (Lipinski definition) is 4. The Labute approximate surface area is 141 Å². The molecule has 4 N–H and O–H groups in total. The molecule has 0 saturated heterocycles. The predicted octanol–water partition coefficient (Wildman–Crippen LogP) is 2.52. The molecule has 3 atom stereocenters. The summed E-state index contributed by atoms with van der Waals surface area (Å²) in [5, 5.41) is 20.1. The maximum Gasteiger partial charge on any atom is 0.418 e. The van der Waals surface area contributed by atoms with Crippen molar-refractivity contribution in [2.24, 2.45) is 5.92 Å². The summed E-state index contributed by atoms with van der Waals surface area (Å²) in [6, 6.07) is 4.43. The first-order valence-electron chi connectivity index (χ1n) is 7.11. The molecule has 0 bridgehead atoms. The molecule has 0 amide bonds. The van der Waals surface area contributed by atoms with Gasteiger partial charge in [-0.1, -0.05) is 12.1 Å². The van der Waals surface area contributed by atoms with Gasteiger partial charge in [0.05, 0.1) is 17.1 Å². The lowest BCUT2D eigenvalue weighted by atomic mass is 9.98. The Bertz CT molecular complexity index is 652. The van der Waals surface area contributed by atoms with Crippen LogP contribution in [0.5, 0.6) is 0 Å². The van der Waals surface area contributed by atoms with E-state index in [0.29, 0.717) is 0 Å². The molecule has 1 aromatic rings. The van der Waals surface area contributed by atoms with Crippen molar-refractivity contribution in [1.82, 2.24) is 0 Å². The summed E-state index contributed by atoms with van der Waals surface area (Å²) in [7, 11) is -3.45. The smallest absolute Gasteiger partial charge is 0.418 e. The number of hydrogen-bond donors (Lipinski definition) is 4. The Morgan fingerprint density at radius 2 is 1.80 bits per heavy atom. The van der Waals surface area contributed by atoms with Crippen LogP contribution in [0.3, 0.4) is 0 Å². The number of benzene rings is 1. The fraction of sp³-hybridized carbons (Fsp3) is 0.429. The third-order valence-electron chi connectivity index (χ3n) is 3.53. The van der Waals surface area contributed by atoms with E-state index in [9.17, 15) is 32.2 Å². The van der Waals surface area contributed by atoms with Crippen molar-refractivity contribution in [3.05, 3.63) is 29.8 Å². The van der Waals surface area contributed by atoms with E-state index >= 15 is 0 Å². The standard InChI is InChI=1S/C14H17F3NO6P/c15-14(16,17)9-3-1-2-4-10(9)18-7-11(25(23)24)8(13(21)22)5-6-12(19)20/h1-4,8,11,18,25H,5-7H2,(H,19,20)(H,21,22)(H,23,24). The Hall–Kier alpha value is -2.06. The van der Waals surface area contributed by atoms with Gasteiger partial charge in [0.15, 0.2) is 8.03 Å². The van der Waals surface area contributed by atoms with Crippen LogP contribution in [0.1, 0.15) is 18.4 Å². The predicted molar refractivity (Wildman–Crippen MR) is 82.9 cm³/mol. The molecule has 0 spiro atoms. The van der Waals surface area contributed by atoms with Crippen LogP contribution in [0, 0.1) is 5.92 Å². The zero-order valence-electron chi connectivity index (χ0n) is 12.8. The van der Waals surface area contributed by atoms with Crippen molar-refractivity contribution < 1.29 is 42.4 Å². The summed E-state index contributed by atoms with van der Waals surface area (Å²) in [5.74, 6) is -4.24. The second kappa shape index (κ2) is 8.87. The van der Waals surface area contributed by atoms with E-state index in [1.54, 1.807) is 0 Å². The molecule has 1 rings (SSSR count). The van der Waals surface area contributed by atoms with Crippen LogP contribution in [0.2, 0.25) is 0 Å². The molecule has 0 aliphatic carbocycles. The van der Waals surface area contributed by atoms with E-state index < -0.39 is 62.7 Å². The number of aliphatic carboxylic acids is 2. The fourth-order valence-corrected chi connectivity index (χ4v) is 3.21. The normalized spacial score (nSPS) is 15.2. The molecule has 11 heteroatoms. The molecular weight excluding hydrogens is 366 g/mol. The SMILES string of the molecule is O=C(O)CCC(C(=O)O)C(CNc1ccccc1C(F)(F)F)[PH](=O)O. The van der Waals surface area contributed by atoms with E-state index in [0.717, 1.165) is 12.1 Å². The van der Waals surface area contributed by atoms with Gasteiger partial charge in [0.2, 0.25) is 0 Å². The summed E-state index contributed by atoms with van der Waals surface area (Å²) in [6.07, 6.45) is -5.60. The van der Waals surface area contributed by atoms with Crippen LogP contribution >= 0.6 is 8.03 Å². The summed E-state index contributed by atoms with van der Waals surface area (Å²) in [4.78, 5) is 31.2. The van der Waals surface area contributed by atoms with Crippen LogP contribution in [-0.4, -0.2) is 39.2 Å². The highest BCUT2D eigenvalue weighted by molar-refractivity contribution is 7.39. The minimum atomic E-state index is -4.65. The number of rotatable bonds is 9. The monoisotopic (exact) mass is 383 g/mol. The summed E-state index contributed by atoms with van der Waals surface area (Å²) < 4.78 is 50.3. The van der Waals surface area contributed by atoms with E-state index in [2.05, 4.69) is 5.32 Å². The molecule has 1 aromatic carbocycles. The number of carboxylic acid groups (broad SMARTS) is 2. The number of carboxylic acids is 2. The van der Waals surface area contributed by atoms with Gasteiger partial charge in [-0.2, -0.15) is 13.2 Å². The van der Waals surface area contributed by atoms with Gasteiger partial charge in [-0.25, -0.2) is 0 Å². The maximum absolute atomic E-state index is 12.9. The molecular formula is C14H17F3NO6P. The van der Waals surface area contributed by atoms with E-state index in [-0.39, 0.29) is 5.69 Å². The topological polar surface area (TPSA) is 124 Å². The third kappa shape index (κ3) is 6.39. The highest BCUT2D eigenvalue weighted by Gasteiger charge is 2.35. The average Bonchev–Trinajstić information content (AvgIpc) is 2.48. The highest BCUT2D eigenvalue weighted by Crippen LogP contribution is 2.36. The molecule has 25 heavy (non-hydrogen) atoms. The molecule has 140 valence electrons. The molecule has 7 nitrogen and oxygen atoms in total. The molecule has 0 aliphatic heterocycles. The van der Waals surface area contributed by atoms with Gasteiger partial charge in [-0.3, -0.25) is 14.2 Å². The maximum atomic E-state index is 12.9. The third-order valence-corrected chi connectivity index (χ3v) is 4.78. The second-order valence-electron chi connectivity index (χ2n) is 5.25. The van der Waals surface area contributed by atoms with Crippen LogP contribution in [0.15, 0.2) is 24.3 Å². The first-order valence-corrected chi connectivity index (χ1v) is 8.54. The lowest BCUT2D eigenvalue weighted by molar-refractivity contribution is -0.143. The van der Waals surface area contributed by atoms with Gasteiger partial charge < -0.3 is 20.4 Å². The van der Waals surface area contributed by atoms with Crippen LogP contribution < -0.4 is 5.32 Å². The molecule has 0 radical (unpaired) electrons.